The predicted octanol–water partition coefficient (Wildman–Crippen LogP) is 2.65. The van der Waals surface area contributed by atoms with Crippen LogP contribution < -0.4 is 5.32 Å². The first kappa shape index (κ1) is 19.4. The zero-order chi connectivity index (χ0) is 18.4. The number of nitrogens with zero attached hydrogens (tertiary/aromatic N) is 4. The second-order valence-corrected chi connectivity index (χ2v) is 6.87. The maximum absolute atomic E-state index is 13.3. The zero-order valence-electron chi connectivity index (χ0n) is 15.0. The number of benzene rings is 1. The number of carbonyl (C=O) groups excluding carboxylic acids is 1. The monoisotopic (exact) mass is 365 g/mol. The van der Waals surface area contributed by atoms with Crippen LogP contribution in [0.4, 0.5) is 4.39 Å². The van der Waals surface area contributed by atoms with Gasteiger partial charge in [-0.05, 0) is 51.7 Å². The number of hydrogen-bond acceptors (Lipinski definition) is 5. The van der Waals surface area contributed by atoms with Crippen molar-refractivity contribution >= 4 is 17.7 Å². The lowest BCUT2D eigenvalue weighted by molar-refractivity contribution is -0.118. The summed E-state index contributed by atoms with van der Waals surface area (Å²) >= 11 is 1.32. The smallest absolute Gasteiger partial charge is 0.230 e. The number of carbonyl (C=O) groups is 1. The summed E-state index contributed by atoms with van der Waals surface area (Å²) < 4.78 is 15.2. The summed E-state index contributed by atoms with van der Waals surface area (Å²) in [5.41, 5.74) is 0.770. The normalized spacial score (nSPS) is 12.4. The zero-order valence-corrected chi connectivity index (χ0v) is 15.8. The minimum absolute atomic E-state index is 0.0146. The third-order valence-electron chi connectivity index (χ3n) is 3.80. The third-order valence-corrected chi connectivity index (χ3v) is 4.72. The van der Waals surface area contributed by atoms with Gasteiger partial charge in [-0.3, -0.25) is 14.3 Å². The molecule has 1 aromatic heterocycles. The Kier molecular flexibility index (Phi) is 6.95. The van der Waals surface area contributed by atoms with Gasteiger partial charge in [0.05, 0.1) is 11.8 Å². The molecule has 1 N–H and O–H groups in total. The molecule has 0 saturated heterocycles. The Hall–Kier alpha value is -1.93. The van der Waals surface area contributed by atoms with E-state index >= 15 is 0 Å². The molecule has 0 spiro atoms. The molecule has 0 aliphatic heterocycles. The first-order valence-corrected chi connectivity index (χ1v) is 9.19. The van der Waals surface area contributed by atoms with Gasteiger partial charge in [-0.25, -0.2) is 4.39 Å². The number of aromatic nitrogens is 3. The van der Waals surface area contributed by atoms with Gasteiger partial charge < -0.3 is 5.32 Å². The summed E-state index contributed by atoms with van der Waals surface area (Å²) in [5, 5.41) is 12.0. The highest BCUT2D eigenvalue weighted by Gasteiger charge is 2.21. The van der Waals surface area contributed by atoms with Crippen LogP contribution in [0, 0.1) is 5.82 Å². The number of halogens is 1. The molecule has 0 fully saturated rings. The lowest BCUT2D eigenvalue weighted by atomic mass is 10.2. The van der Waals surface area contributed by atoms with E-state index in [9.17, 15) is 9.18 Å². The quantitative estimate of drug-likeness (QED) is 0.729. The molecule has 6 nitrogen and oxygen atoms in total. The van der Waals surface area contributed by atoms with Crippen LogP contribution in [0.25, 0.3) is 5.69 Å². The molecule has 25 heavy (non-hydrogen) atoms. The average Bonchev–Trinajstić information content (AvgIpc) is 3.01. The van der Waals surface area contributed by atoms with E-state index in [4.69, 9.17) is 0 Å². The summed E-state index contributed by atoms with van der Waals surface area (Å²) in [5.74, 6) is 0.665. The van der Waals surface area contributed by atoms with E-state index in [1.54, 1.807) is 12.1 Å². The molecule has 2 aromatic rings. The van der Waals surface area contributed by atoms with Gasteiger partial charge in [0.1, 0.15) is 5.82 Å². The lowest BCUT2D eigenvalue weighted by Crippen LogP contribution is -2.26. The van der Waals surface area contributed by atoms with Crippen molar-refractivity contribution < 1.29 is 9.18 Å². The van der Waals surface area contributed by atoms with Gasteiger partial charge >= 0.3 is 0 Å². The fraction of sp³-hybridized carbons (Fsp3) is 0.471. The summed E-state index contributed by atoms with van der Waals surface area (Å²) in [6.07, 6.45) is 0.896. The molecule has 0 saturated carbocycles. The van der Waals surface area contributed by atoms with E-state index in [1.807, 2.05) is 37.4 Å². The molecule has 1 heterocycles. The molecule has 0 radical (unpaired) electrons. The van der Waals surface area contributed by atoms with Crippen molar-refractivity contribution in [2.45, 2.75) is 31.5 Å². The van der Waals surface area contributed by atoms with Crippen molar-refractivity contribution in [2.75, 3.05) is 26.4 Å². The Bertz CT molecular complexity index is 702. The van der Waals surface area contributed by atoms with Crippen LogP contribution in [-0.2, 0) is 4.79 Å². The highest BCUT2D eigenvalue weighted by Crippen LogP contribution is 2.26. The molecular weight excluding hydrogens is 341 g/mol. The minimum Gasteiger partial charge on any atom is -0.355 e. The van der Waals surface area contributed by atoms with Crippen molar-refractivity contribution in [1.82, 2.24) is 25.0 Å². The van der Waals surface area contributed by atoms with Gasteiger partial charge in [0.15, 0.2) is 11.0 Å². The van der Waals surface area contributed by atoms with Crippen LogP contribution in [0.5, 0.6) is 0 Å². The number of rotatable bonds is 8. The van der Waals surface area contributed by atoms with Gasteiger partial charge in [-0.1, -0.05) is 18.7 Å². The highest BCUT2D eigenvalue weighted by atomic mass is 32.2. The standard InChI is InChI=1S/C17H24FN5OS/c1-5-10-19-15(24)11-25-17-21-20-16(12(2)22(3)4)23(17)14-8-6-13(18)7-9-14/h6-9,12H,5,10-11H2,1-4H3,(H,19,24). The fourth-order valence-corrected chi connectivity index (χ4v) is 2.94. The van der Waals surface area contributed by atoms with Gasteiger partial charge in [0.2, 0.25) is 5.91 Å². The first-order chi connectivity index (χ1) is 11.9. The lowest BCUT2D eigenvalue weighted by Gasteiger charge is -2.20. The van der Waals surface area contributed by atoms with Crippen molar-refractivity contribution in [1.29, 1.82) is 0 Å². The molecule has 0 bridgehead atoms. The van der Waals surface area contributed by atoms with E-state index in [1.165, 1.54) is 23.9 Å². The maximum Gasteiger partial charge on any atom is 0.230 e. The van der Waals surface area contributed by atoms with Crippen LogP contribution in [0.2, 0.25) is 0 Å². The molecule has 1 amide bonds. The average molecular weight is 365 g/mol. The van der Waals surface area contributed by atoms with E-state index in [2.05, 4.69) is 15.5 Å². The Morgan fingerprint density at radius 3 is 2.60 bits per heavy atom. The van der Waals surface area contributed by atoms with E-state index in [-0.39, 0.29) is 23.5 Å². The SMILES string of the molecule is CCCNC(=O)CSc1nnc(C(C)N(C)C)n1-c1ccc(F)cc1. The third kappa shape index (κ3) is 5.02. The second kappa shape index (κ2) is 8.96. The Labute approximate surface area is 151 Å². The van der Waals surface area contributed by atoms with Crippen molar-refractivity contribution in [3.05, 3.63) is 35.9 Å². The maximum atomic E-state index is 13.3. The topological polar surface area (TPSA) is 63.1 Å². The number of nitrogens with one attached hydrogen (secondary N) is 1. The minimum atomic E-state index is -0.299. The Balaban J connectivity index is 2.30. The first-order valence-electron chi connectivity index (χ1n) is 8.21. The van der Waals surface area contributed by atoms with Crippen molar-refractivity contribution in [2.24, 2.45) is 0 Å². The van der Waals surface area contributed by atoms with Crippen LogP contribution in [0.3, 0.4) is 0 Å². The predicted molar refractivity (Wildman–Crippen MR) is 97.4 cm³/mol. The van der Waals surface area contributed by atoms with E-state index in [0.29, 0.717) is 11.7 Å². The number of thioether (sulfide) groups is 1. The molecular formula is C17H24FN5OS. The van der Waals surface area contributed by atoms with E-state index < -0.39 is 0 Å². The van der Waals surface area contributed by atoms with Crippen LogP contribution >= 0.6 is 11.8 Å². The second-order valence-electron chi connectivity index (χ2n) is 5.93. The number of hydrogen-bond donors (Lipinski definition) is 1. The van der Waals surface area contributed by atoms with Crippen LogP contribution in [0.15, 0.2) is 29.4 Å². The summed E-state index contributed by atoms with van der Waals surface area (Å²) in [4.78, 5) is 13.9. The Morgan fingerprint density at radius 1 is 1.32 bits per heavy atom. The van der Waals surface area contributed by atoms with Gasteiger partial charge in [0, 0.05) is 12.2 Å². The molecule has 8 heteroatoms. The molecule has 0 aliphatic carbocycles. The largest absolute Gasteiger partial charge is 0.355 e. The van der Waals surface area contributed by atoms with Crippen molar-refractivity contribution in [3.63, 3.8) is 0 Å². The van der Waals surface area contributed by atoms with Crippen LogP contribution in [0.1, 0.15) is 32.1 Å². The summed E-state index contributed by atoms with van der Waals surface area (Å²) in [7, 11) is 3.92. The summed E-state index contributed by atoms with van der Waals surface area (Å²) in [6, 6.07) is 6.20. The van der Waals surface area contributed by atoms with Gasteiger partial charge in [-0.15, -0.1) is 10.2 Å². The number of amides is 1. The molecule has 136 valence electrons. The molecule has 0 aliphatic rings. The van der Waals surface area contributed by atoms with Crippen LogP contribution in [-0.4, -0.2) is 52.0 Å². The van der Waals surface area contributed by atoms with Crippen molar-refractivity contribution in [3.8, 4) is 5.69 Å². The molecule has 2 rings (SSSR count). The fourth-order valence-electron chi connectivity index (χ4n) is 2.15. The van der Waals surface area contributed by atoms with Gasteiger partial charge in [-0.2, -0.15) is 0 Å². The molecule has 1 atom stereocenters. The van der Waals surface area contributed by atoms with Gasteiger partial charge in [0.25, 0.3) is 0 Å². The summed E-state index contributed by atoms with van der Waals surface area (Å²) in [6.45, 7) is 4.69. The molecule has 1 aromatic carbocycles. The Morgan fingerprint density at radius 2 is 2.00 bits per heavy atom. The molecule has 1 unspecified atom stereocenters. The highest BCUT2D eigenvalue weighted by molar-refractivity contribution is 7.99. The van der Waals surface area contributed by atoms with E-state index in [0.717, 1.165) is 17.9 Å².